The van der Waals surface area contributed by atoms with E-state index in [-0.39, 0.29) is 11.6 Å². The van der Waals surface area contributed by atoms with Crippen molar-refractivity contribution in [2.24, 2.45) is 0 Å². The first kappa shape index (κ1) is 12.6. The predicted molar refractivity (Wildman–Crippen MR) is 69.5 cm³/mol. The molecule has 2 rings (SSSR count). The molecule has 0 heterocycles. The SMILES string of the molecule is Fc1ccc([Si](Cl)(Cl)c2ccc(F)cc2)cc1. The van der Waals surface area contributed by atoms with Gasteiger partial charge >= 0.3 is 6.69 Å². The van der Waals surface area contributed by atoms with E-state index in [1.165, 1.54) is 24.3 Å². The summed E-state index contributed by atoms with van der Waals surface area (Å²) in [5, 5.41) is 1.35. The monoisotopic (exact) mass is 288 g/mol. The van der Waals surface area contributed by atoms with Crippen LogP contribution in [0.3, 0.4) is 0 Å². The fourth-order valence-electron chi connectivity index (χ4n) is 1.49. The molecule has 0 saturated heterocycles. The third-order valence-corrected chi connectivity index (χ3v) is 7.15. The smallest absolute Gasteiger partial charge is 0.207 e. The zero-order chi connectivity index (χ0) is 12.5. The molecule has 0 N–H and O–H groups in total. The maximum absolute atomic E-state index is 12.8. The Kier molecular flexibility index (Phi) is 3.52. The van der Waals surface area contributed by atoms with Crippen LogP contribution in [0.2, 0.25) is 0 Å². The highest BCUT2D eigenvalue weighted by molar-refractivity contribution is 7.56. The Morgan fingerprint density at radius 3 is 1.24 bits per heavy atom. The number of hydrogen-bond donors (Lipinski definition) is 0. The quantitative estimate of drug-likeness (QED) is 0.589. The lowest BCUT2D eigenvalue weighted by Crippen LogP contribution is -2.48. The fraction of sp³-hybridized carbons (Fsp3) is 0. The summed E-state index contributed by atoms with van der Waals surface area (Å²) in [6.45, 7) is -2.89. The van der Waals surface area contributed by atoms with Crippen molar-refractivity contribution in [1.82, 2.24) is 0 Å². The Morgan fingerprint density at radius 1 is 0.647 bits per heavy atom. The van der Waals surface area contributed by atoms with Crippen LogP contribution < -0.4 is 10.4 Å². The minimum Gasteiger partial charge on any atom is -0.207 e. The molecule has 0 nitrogen and oxygen atoms in total. The van der Waals surface area contributed by atoms with E-state index in [1.54, 1.807) is 24.3 Å². The van der Waals surface area contributed by atoms with Gasteiger partial charge in [-0.05, 0) is 34.6 Å². The highest BCUT2D eigenvalue weighted by Gasteiger charge is 2.33. The summed E-state index contributed by atoms with van der Waals surface area (Å²) in [4.78, 5) is 0. The summed E-state index contributed by atoms with van der Waals surface area (Å²) in [7, 11) is 0. The summed E-state index contributed by atoms with van der Waals surface area (Å²) in [6.07, 6.45) is 0. The molecule has 0 spiro atoms. The fourth-order valence-corrected chi connectivity index (χ4v) is 4.50. The van der Waals surface area contributed by atoms with Crippen molar-refractivity contribution < 1.29 is 8.78 Å². The lowest BCUT2D eigenvalue weighted by atomic mass is 10.3. The van der Waals surface area contributed by atoms with E-state index in [0.29, 0.717) is 10.4 Å². The number of benzene rings is 2. The number of rotatable bonds is 2. The van der Waals surface area contributed by atoms with Gasteiger partial charge in [0, 0.05) is 0 Å². The molecule has 0 fully saturated rings. The first-order valence-electron chi connectivity index (χ1n) is 4.90. The van der Waals surface area contributed by atoms with E-state index < -0.39 is 6.69 Å². The molecular weight excluding hydrogens is 281 g/mol. The van der Waals surface area contributed by atoms with Crippen LogP contribution in [0.15, 0.2) is 48.5 Å². The summed E-state index contributed by atoms with van der Waals surface area (Å²) < 4.78 is 25.6. The largest absolute Gasteiger partial charge is 0.310 e. The standard InChI is InChI=1S/C12H8Cl2F2Si/c13-17(14,11-5-1-9(15)2-6-11)12-7-3-10(16)4-8-12/h1-8H. The van der Waals surface area contributed by atoms with Gasteiger partial charge in [-0.25, -0.2) is 8.78 Å². The molecule has 0 aliphatic rings. The highest BCUT2D eigenvalue weighted by Crippen LogP contribution is 2.15. The minimum absolute atomic E-state index is 0.342. The van der Waals surface area contributed by atoms with E-state index in [4.69, 9.17) is 22.2 Å². The Morgan fingerprint density at radius 2 is 0.941 bits per heavy atom. The van der Waals surface area contributed by atoms with E-state index in [2.05, 4.69) is 0 Å². The molecule has 0 aliphatic carbocycles. The van der Waals surface area contributed by atoms with Crippen LogP contribution in [0.1, 0.15) is 0 Å². The molecule has 88 valence electrons. The molecule has 0 atom stereocenters. The third kappa shape index (κ3) is 2.68. The average molecular weight is 289 g/mol. The van der Waals surface area contributed by atoms with E-state index >= 15 is 0 Å². The van der Waals surface area contributed by atoms with Crippen LogP contribution in [-0.4, -0.2) is 6.69 Å². The van der Waals surface area contributed by atoms with Gasteiger partial charge in [0.1, 0.15) is 11.6 Å². The van der Waals surface area contributed by atoms with E-state index in [1.807, 2.05) is 0 Å². The van der Waals surface area contributed by atoms with Gasteiger partial charge in [0.15, 0.2) is 0 Å². The van der Waals surface area contributed by atoms with Crippen molar-refractivity contribution in [1.29, 1.82) is 0 Å². The maximum Gasteiger partial charge on any atom is 0.310 e. The second-order valence-electron chi connectivity index (χ2n) is 3.59. The average Bonchev–Trinajstić information content (AvgIpc) is 2.30. The Labute approximate surface area is 108 Å². The predicted octanol–water partition coefficient (Wildman–Crippen LogP) is 3.00. The topological polar surface area (TPSA) is 0 Å². The van der Waals surface area contributed by atoms with E-state index in [0.717, 1.165) is 0 Å². The van der Waals surface area contributed by atoms with Gasteiger partial charge in [-0.15, -0.1) is 22.2 Å². The summed E-state index contributed by atoms with van der Waals surface area (Å²) >= 11 is 12.7. The zero-order valence-electron chi connectivity index (χ0n) is 8.63. The lowest BCUT2D eigenvalue weighted by Gasteiger charge is -2.17. The second-order valence-corrected chi connectivity index (χ2v) is 9.87. The van der Waals surface area contributed by atoms with Crippen LogP contribution >= 0.6 is 22.2 Å². The van der Waals surface area contributed by atoms with Gasteiger partial charge < -0.3 is 0 Å². The number of hydrogen-bond acceptors (Lipinski definition) is 0. The lowest BCUT2D eigenvalue weighted by molar-refractivity contribution is 0.628. The molecule has 17 heavy (non-hydrogen) atoms. The van der Waals surface area contributed by atoms with Gasteiger partial charge in [0.2, 0.25) is 0 Å². The molecule has 0 radical (unpaired) electrons. The third-order valence-electron chi connectivity index (χ3n) is 2.41. The second kappa shape index (κ2) is 4.76. The molecular formula is C12H8Cl2F2Si. The van der Waals surface area contributed by atoms with Gasteiger partial charge in [0.05, 0.1) is 0 Å². The van der Waals surface area contributed by atoms with Crippen molar-refractivity contribution in [3.05, 3.63) is 60.2 Å². The van der Waals surface area contributed by atoms with Gasteiger partial charge in [-0.3, -0.25) is 0 Å². The maximum atomic E-state index is 12.8. The first-order chi connectivity index (χ1) is 8.00. The molecule has 0 unspecified atom stereocenters. The van der Waals surface area contributed by atoms with Crippen molar-refractivity contribution in [3.8, 4) is 0 Å². The minimum atomic E-state index is -2.89. The molecule has 5 heteroatoms. The summed E-state index contributed by atoms with van der Waals surface area (Å²) in [5.41, 5.74) is 0. The van der Waals surface area contributed by atoms with Crippen molar-refractivity contribution in [3.63, 3.8) is 0 Å². The van der Waals surface area contributed by atoms with Crippen LogP contribution in [0, 0.1) is 11.6 Å². The van der Waals surface area contributed by atoms with Crippen LogP contribution in [0.4, 0.5) is 8.78 Å². The molecule has 0 saturated carbocycles. The molecule has 0 bridgehead atoms. The summed E-state index contributed by atoms with van der Waals surface area (Å²) in [5.74, 6) is -0.683. The van der Waals surface area contributed by atoms with Crippen molar-refractivity contribution in [2.75, 3.05) is 0 Å². The highest BCUT2D eigenvalue weighted by atomic mass is 35.7. The molecule has 0 aromatic heterocycles. The Hall–Kier alpha value is -0.903. The molecule has 0 amide bonds. The molecule has 2 aromatic carbocycles. The van der Waals surface area contributed by atoms with Gasteiger partial charge in [-0.2, -0.15) is 0 Å². The van der Waals surface area contributed by atoms with E-state index in [9.17, 15) is 8.78 Å². The normalized spacial score (nSPS) is 11.5. The zero-order valence-corrected chi connectivity index (χ0v) is 11.1. The van der Waals surface area contributed by atoms with Crippen LogP contribution in [0.5, 0.6) is 0 Å². The first-order valence-corrected chi connectivity index (χ1v) is 8.92. The number of halogens is 4. The van der Waals surface area contributed by atoms with Crippen molar-refractivity contribution >= 4 is 39.2 Å². The summed E-state index contributed by atoms with van der Waals surface area (Å²) in [6, 6.07) is 11.5. The van der Waals surface area contributed by atoms with Gasteiger partial charge in [-0.1, -0.05) is 24.3 Å². The Balaban J connectivity index is 2.41. The van der Waals surface area contributed by atoms with Crippen LogP contribution in [-0.2, 0) is 0 Å². The van der Waals surface area contributed by atoms with Crippen molar-refractivity contribution in [2.45, 2.75) is 0 Å². The molecule has 0 aliphatic heterocycles. The van der Waals surface area contributed by atoms with Gasteiger partial charge in [0.25, 0.3) is 0 Å². The molecule has 2 aromatic rings. The Bertz CT molecular complexity index is 462. The van der Waals surface area contributed by atoms with Crippen LogP contribution in [0.25, 0.3) is 0 Å².